The highest BCUT2D eigenvalue weighted by Gasteiger charge is 2.29. The summed E-state index contributed by atoms with van der Waals surface area (Å²) >= 11 is 0. The zero-order valence-electron chi connectivity index (χ0n) is 15.2. The highest BCUT2D eigenvalue weighted by atomic mass is 16.6. The number of hydrogen-bond acceptors (Lipinski definition) is 6. The predicted octanol–water partition coefficient (Wildman–Crippen LogP) is 2.84. The van der Waals surface area contributed by atoms with Crippen molar-refractivity contribution in [2.24, 2.45) is 5.92 Å². The van der Waals surface area contributed by atoms with E-state index in [-0.39, 0.29) is 17.5 Å². The Morgan fingerprint density at radius 1 is 1.20 bits per heavy atom. The number of aldehydes is 1. The number of hydrogen-bond donors (Lipinski definition) is 0. The van der Waals surface area contributed by atoms with Crippen LogP contribution in [0.4, 0.5) is 5.69 Å². The third-order valence-electron chi connectivity index (χ3n) is 4.17. The van der Waals surface area contributed by atoms with Crippen LogP contribution in [0.5, 0.6) is 0 Å². The van der Waals surface area contributed by atoms with Gasteiger partial charge in [0.25, 0.3) is 0 Å². The van der Waals surface area contributed by atoms with E-state index < -0.39 is 11.6 Å². The van der Waals surface area contributed by atoms with Crippen LogP contribution in [-0.4, -0.2) is 44.0 Å². The van der Waals surface area contributed by atoms with Crippen molar-refractivity contribution in [2.45, 2.75) is 39.2 Å². The summed E-state index contributed by atoms with van der Waals surface area (Å²) in [6.45, 7) is 6.98. The van der Waals surface area contributed by atoms with Crippen LogP contribution in [0.1, 0.15) is 54.3 Å². The molecule has 1 aromatic rings. The van der Waals surface area contributed by atoms with Gasteiger partial charge in [0.05, 0.1) is 18.6 Å². The summed E-state index contributed by atoms with van der Waals surface area (Å²) in [6.07, 6.45) is 2.05. The molecule has 136 valence electrons. The number of nitrogens with zero attached hydrogens (tertiary/aromatic N) is 1. The lowest BCUT2D eigenvalue weighted by atomic mass is 9.95. The van der Waals surface area contributed by atoms with Gasteiger partial charge >= 0.3 is 11.9 Å². The van der Waals surface area contributed by atoms with Gasteiger partial charge in [-0.25, -0.2) is 4.79 Å². The summed E-state index contributed by atoms with van der Waals surface area (Å²) in [5, 5.41) is 0. The largest absolute Gasteiger partial charge is 0.465 e. The van der Waals surface area contributed by atoms with Crippen molar-refractivity contribution in [2.75, 3.05) is 25.1 Å². The molecule has 0 saturated carbocycles. The lowest BCUT2D eigenvalue weighted by Crippen LogP contribution is -2.38. The fourth-order valence-corrected chi connectivity index (χ4v) is 2.90. The number of esters is 2. The van der Waals surface area contributed by atoms with E-state index in [0.29, 0.717) is 37.8 Å². The van der Waals surface area contributed by atoms with Crippen LogP contribution in [0.3, 0.4) is 0 Å². The molecule has 6 nitrogen and oxygen atoms in total. The fourth-order valence-electron chi connectivity index (χ4n) is 2.90. The normalized spacial score (nSPS) is 15.6. The summed E-state index contributed by atoms with van der Waals surface area (Å²) in [5.41, 5.74) is 0.942. The van der Waals surface area contributed by atoms with Gasteiger partial charge < -0.3 is 14.4 Å². The lowest BCUT2D eigenvalue weighted by molar-refractivity contribution is -0.160. The van der Waals surface area contributed by atoms with E-state index in [1.54, 1.807) is 18.2 Å². The molecular formula is C19H25NO5. The number of rotatable bonds is 4. The molecular weight excluding hydrogens is 322 g/mol. The molecule has 0 atom stereocenters. The van der Waals surface area contributed by atoms with Crippen molar-refractivity contribution in [1.82, 2.24) is 0 Å². The molecule has 0 N–H and O–H groups in total. The minimum absolute atomic E-state index is 0.102. The zero-order chi connectivity index (χ0) is 18.6. The molecule has 0 radical (unpaired) electrons. The quantitative estimate of drug-likeness (QED) is 0.616. The highest BCUT2D eigenvalue weighted by molar-refractivity contribution is 5.99. The van der Waals surface area contributed by atoms with Gasteiger partial charge in [-0.3, -0.25) is 9.59 Å². The molecule has 6 heteroatoms. The van der Waals surface area contributed by atoms with Gasteiger partial charge in [0.1, 0.15) is 5.60 Å². The van der Waals surface area contributed by atoms with Crippen LogP contribution in [0, 0.1) is 5.92 Å². The molecule has 0 amide bonds. The van der Waals surface area contributed by atoms with Gasteiger partial charge in [-0.1, -0.05) is 0 Å². The zero-order valence-corrected chi connectivity index (χ0v) is 15.2. The van der Waals surface area contributed by atoms with Crippen LogP contribution < -0.4 is 4.90 Å². The molecule has 0 aromatic heterocycles. The summed E-state index contributed by atoms with van der Waals surface area (Å²) < 4.78 is 10.1. The molecule has 1 aliphatic heterocycles. The van der Waals surface area contributed by atoms with Crippen molar-refractivity contribution in [3.8, 4) is 0 Å². The van der Waals surface area contributed by atoms with E-state index in [4.69, 9.17) is 4.74 Å². The van der Waals surface area contributed by atoms with E-state index in [2.05, 4.69) is 9.64 Å². The van der Waals surface area contributed by atoms with Gasteiger partial charge in [-0.05, 0) is 51.8 Å². The monoisotopic (exact) mass is 347 g/mol. The first-order valence-electron chi connectivity index (χ1n) is 8.40. The first kappa shape index (κ1) is 19.0. The Morgan fingerprint density at radius 2 is 1.84 bits per heavy atom. The van der Waals surface area contributed by atoms with E-state index in [1.807, 2.05) is 20.8 Å². The van der Waals surface area contributed by atoms with E-state index in [0.717, 1.165) is 5.69 Å². The second kappa shape index (κ2) is 7.68. The van der Waals surface area contributed by atoms with Crippen LogP contribution in [0.15, 0.2) is 18.2 Å². The molecule has 25 heavy (non-hydrogen) atoms. The molecule has 0 unspecified atom stereocenters. The van der Waals surface area contributed by atoms with Crippen LogP contribution in [0.25, 0.3) is 0 Å². The lowest BCUT2D eigenvalue weighted by Gasteiger charge is -2.34. The summed E-state index contributed by atoms with van der Waals surface area (Å²) in [5.74, 6) is -0.783. The minimum Gasteiger partial charge on any atom is -0.465 e. The average Bonchev–Trinajstić information content (AvgIpc) is 2.59. The average molecular weight is 347 g/mol. The predicted molar refractivity (Wildman–Crippen MR) is 94.0 cm³/mol. The van der Waals surface area contributed by atoms with Crippen LogP contribution in [-0.2, 0) is 14.3 Å². The third kappa shape index (κ3) is 4.81. The van der Waals surface area contributed by atoms with Crippen molar-refractivity contribution in [1.29, 1.82) is 0 Å². The number of methoxy groups -OCH3 is 1. The number of carbonyl (C=O) groups is 3. The maximum atomic E-state index is 12.2. The number of ether oxygens (including phenoxy) is 2. The van der Waals surface area contributed by atoms with Crippen molar-refractivity contribution >= 4 is 23.9 Å². The molecule has 0 aliphatic carbocycles. The molecule has 1 heterocycles. The Morgan fingerprint density at radius 3 is 2.36 bits per heavy atom. The Labute approximate surface area is 148 Å². The Hall–Kier alpha value is -2.37. The number of anilines is 1. The van der Waals surface area contributed by atoms with Crippen LogP contribution in [0.2, 0.25) is 0 Å². The highest BCUT2D eigenvalue weighted by Crippen LogP contribution is 2.27. The smallest absolute Gasteiger partial charge is 0.338 e. The molecule has 1 fully saturated rings. The first-order chi connectivity index (χ1) is 11.7. The number of carbonyl (C=O) groups excluding carboxylic acids is 3. The number of benzene rings is 1. The number of piperidine rings is 1. The minimum atomic E-state index is -0.530. The van der Waals surface area contributed by atoms with Gasteiger partial charge in [0.2, 0.25) is 0 Å². The van der Waals surface area contributed by atoms with E-state index in [1.165, 1.54) is 7.11 Å². The molecule has 1 saturated heterocycles. The maximum Gasteiger partial charge on any atom is 0.338 e. The van der Waals surface area contributed by atoms with Gasteiger partial charge in [-0.2, -0.15) is 0 Å². The van der Waals surface area contributed by atoms with Crippen LogP contribution >= 0.6 is 0 Å². The van der Waals surface area contributed by atoms with Crippen molar-refractivity contribution in [3.05, 3.63) is 29.3 Å². The van der Waals surface area contributed by atoms with E-state index >= 15 is 0 Å². The van der Waals surface area contributed by atoms with Crippen molar-refractivity contribution < 1.29 is 23.9 Å². The first-order valence-corrected chi connectivity index (χ1v) is 8.40. The fraction of sp³-hybridized carbons (Fsp3) is 0.526. The summed E-state index contributed by atoms with van der Waals surface area (Å²) in [7, 11) is 1.28. The molecule has 2 rings (SSSR count). The second-order valence-electron chi connectivity index (χ2n) is 7.18. The second-order valence-corrected chi connectivity index (χ2v) is 7.18. The Bertz CT molecular complexity index is 654. The van der Waals surface area contributed by atoms with Gasteiger partial charge in [-0.15, -0.1) is 0 Å². The maximum absolute atomic E-state index is 12.2. The van der Waals surface area contributed by atoms with E-state index in [9.17, 15) is 14.4 Å². The Balaban J connectivity index is 2.04. The SMILES string of the molecule is COC(=O)c1ccc(N2CCC(C(=O)OC(C)(C)C)CC2)cc1C=O. The third-order valence-corrected chi connectivity index (χ3v) is 4.17. The van der Waals surface area contributed by atoms with Crippen molar-refractivity contribution in [3.63, 3.8) is 0 Å². The standard InChI is InChI=1S/C19H25NO5/c1-19(2,3)25-17(22)13-7-9-20(10-8-13)15-5-6-16(18(23)24-4)14(11-15)12-21/h5-6,11-13H,7-10H2,1-4H3. The van der Waals surface area contributed by atoms with Gasteiger partial charge in [0.15, 0.2) is 6.29 Å². The molecule has 0 bridgehead atoms. The topological polar surface area (TPSA) is 72.9 Å². The molecule has 1 aliphatic rings. The molecule has 1 aromatic carbocycles. The van der Waals surface area contributed by atoms with Gasteiger partial charge in [0, 0.05) is 24.3 Å². The summed E-state index contributed by atoms with van der Waals surface area (Å²) in [4.78, 5) is 37.2. The summed E-state index contributed by atoms with van der Waals surface area (Å²) in [6, 6.07) is 5.09. The Kier molecular flexibility index (Phi) is 5.82. The molecule has 0 spiro atoms.